The summed E-state index contributed by atoms with van der Waals surface area (Å²) in [7, 11) is -3.67. The number of anilines is 2. The number of fused-ring (bicyclic) bond motifs is 1. The molecule has 1 heterocycles. The Hall–Kier alpha value is -2.86. The molecule has 0 amide bonds. The van der Waals surface area contributed by atoms with Crippen molar-refractivity contribution in [2.75, 3.05) is 16.2 Å². The van der Waals surface area contributed by atoms with E-state index >= 15 is 0 Å². The van der Waals surface area contributed by atoms with Crippen LogP contribution in [0.2, 0.25) is 0 Å². The van der Waals surface area contributed by atoms with Gasteiger partial charge in [-0.3, -0.25) is 4.31 Å². The summed E-state index contributed by atoms with van der Waals surface area (Å²) in [6.07, 6.45) is 0. The van der Waals surface area contributed by atoms with Crippen molar-refractivity contribution in [3.8, 4) is 0 Å². The SMILES string of the molecule is Cc1ccc(S(=O)(=O)N2C[C@H](Nc3ccc(F)cc3)c3ccccc32)cc1. The second kappa shape index (κ2) is 6.70. The number of halogens is 1. The van der Waals surface area contributed by atoms with Gasteiger partial charge in [-0.1, -0.05) is 35.9 Å². The van der Waals surface area contributed by atoms with Crippen LogP contribution in [0.15, 0.2) is 77.7 Å². The van der Waals surface area contributed by atoms with E-state index in [1.807, 2.05) is 31.2 Å². The Labute approximate surface area is 158 Å². The van der Waals surface area contributed by atoms with Crippen molar-refractivity contribution in [3.63, 3.8) is 0 Å². The summed E-state index contributed by atoms with van der Waals surface area (Å²) in [6, 6.07) is 20.1. The molecule has 4 nitrogen and oxygen atoms in total. The Kier molecular flexibility index (Phi) is 4.36. The smallest absolute Gasteiger partial charge is 0.264 e. The minimum atomic E-state index is -3.67. The van der Waals surface area contributed by atoms with Crippen LogP contribution in [-0.4, -0.2) is 15.0 Å². The molecule has 0 spiro atoms. The Morgan fingerprint density at radius 3 is 2.33 bits per heavy atom. The molecule has 6 heteroatoms. The maximum absolute atomic E-state index is 13.2. The number of nitrogens with zero attached hydrogens (tertiary/aromatic N) is 1. The molecular weight excluding hydrogens is 363 g/mol. The molecule has 1 aliphatic rings. The molecule has 138 valence electrons. The molecule has 0 saturated heterocycles. The summed E-state index contributed by atoms with van der Waals surface area (Å²) in [5.41, 5.74) is 3.31. The number of aryl methyl sites for hydroxylation is 1. The lowest BCUT2D eigenvalue weighted by molar-refractivity contribution is 0.590. The second-order valence-electron chi connectivity index (χ2n) is 6.61. The first kappa shape index (κ1) is 17.5. The lowest BCUT2D eigenvalue weighted by Gasteiger charge is -2.20. The van der Waals surface area contributed by atoms with Crippen molar-refractivity contribution in [2.24, 2.45) is 0 Å². The number of para-hydroxylation sites is 1. The van der Waals surface area contributed by atoms with Gasteiger partial charge in [0.05, 0.1) is 23.2 Å². The van der Waals surface area contributed by atoms with Gasteiger partial charge >= 0.3 is 0 Å². The Morgan fingerprint density at radius 2 is 1.63 bits per heavy atom. The van der Waals surface area contributed by atoms with Gasteiger partial charge in [-0.15, -0.1) is 0 Å². The van der Waals surface area contributed by atoms with E-state index in [0.717, 1.165) is 16.8 Å². The zero-order chi connectivity index (χ0) is 19.0. The third-order valence-electron chi connectivity index (χ3n) is 4.72. The molecule has 0 bridgehead atoms. The molecule has 0 aliphatic carbocycles. The van der Waals surface area contributed by atoms with Crippen LogP contribution in [0.1, 0.15) is 17.2 Å². The first-order valence-corrected chi connectivity index (χ1v) is 10.1. The zero-order valence-corrected chi connectivity index (χ0v) is 15.6. The highest BCUT2D eigenvalue weighted by molar-refractivity contribution is 7.92. The second-order valence-corrected chi connectivity index (χ2v) is 8.47. The number of hydrogen-bond acceptors (Lipinski definition) is 3. The van der Waals surface area contributed by atoms with Crippen LogP contribution < -0.4 is 9.62 Å². The predicted octanol–water partition coefficient (Wildman–Crippen LogP) is 4.50. The van der Waals surface area contributed by atoms with Crippen LogP contribution in [0.5, 0.6) is 0 Å². The highest BCUT2D eigenvalue weighted by Gasteiger charge is 2.36. The monoisotopic (exact) mass is 382 g/mol. The molecule has 1 N–H and O–H groups in total. The van der Waals surface area contributed by atoms with E-state index in [1.54, 1.807) is 36.4 Å². The number of sulfonamides is 1. The lowest BCUT2D eigenvalue weighted by Crippen LogP contribution is -2.31. The highest BCUT2D eigenvalue weighted by atomic mass is 32.2. The molecular formula is C21H19FN2O2S. The first-order chi connectivity index (χ1) is 12.9. The third kappa shape index (κ3) is 3.28. The molecule has 0 unspecified atom stereocenters. The van der Waals surface area contributed by atoms with E-state index in [9.17, 15) is 12.8 Å². The summed E-state index contributed by atoms with van der Waals surface area (Å²) in [6.45, 7) is 2.19. The van der Waals surface area contributed by atoms with E-state index in [-0.39, 0.29) is 23.3 Å². The van der Waals surface area contributed by atoms with Gasteiger partial charge in [-0.25, -0.2) is 12.8 Å². The fraction of sp³-hybridized carbons (Fsp3) is 0.143. The summed E-state index contributed by atoms with van der Waals surface area (Å²) < 4.78 is 41.0. The minimum Gasteiger partial charge on any atom is -0.376 e. The van der Waals surface area contributed by atoms with Gasteiger partial charge in [0.2, 0.25) is 0 Å². The molecule has 27 heavy (non-hydrogen) atoms. The fourth-order valence-electron chi connectivity index (χ4n) is 3.31. The molecule has 0 fully saturated rings. The Morgan fingerprint density at radius 1 is 0.963 bits per heavy atom. The van der Waals surface area contributed by atoms with Crippen LogP contribution >= 0.6 is 0 Å². The van der Waals surface area contributed by atoms with Gasteiger partial charge in [-0.05, 0) is 49.4 Å². The number of rotatable bonds is 4. The molecule has 0 aromatic heterocycles. The van der Waals surface area contributed by atoms with Crippen molar-refractivity contribution >= 4 is 21.4 Å². The largest absolute Gasteiger partial charge is 0.376 e. The van der Waals surface area contributed by atoms with Crippen LogP contribution in [0.25, 0.3) is 0 Å². The molecule has 1 atom stereocenters. The van der Waals surface area contributed by atoms with E-state index in [0.29, 0.717) is 5.69 Å². The molecule has 3 aromatic carbocycles. The third-order valence-corrected chi connectivity index (χ3v) is 6.52. The average Bonchev–Trinajstić information content (AvgIpc) is 3.03. The van der Waals surface area contributed by atoms with Crippen molar-refractivity contribution in [3.05, 3.63) is 89.7 Å². The highest BCUT2D eigenvalue weighted by Crippen LogP contribution is 2.39. The molecule has 0 saturated carbocycles. The molecule has 1 aliphatic heterocycles. The van der Waals surface area contributed by atoms with Gasteiger partial charge in [0.15, 0.2) is 0 Å². The van der Waals surface area contributed by atoms with Crippen LogP contribution in [0, 0.1) is 12.7 Å². The van der Waals surface area contributed by atoms with Crippen LogP contribution in [-0.2, 0) is 10.0 Å². The lowest BCUT2D eigenvalue weighted by atomic mass is 10.1. The summed E-state index contributed by atoms with van der Waals surface area (Å²) in [4.78, 5) is 0.269. The van der Waals surface area contributed by atoms with Crippen molar-refractivity contribution in [2.45, 2.75) is 17.9 Å². The van der Waals surface area contributed by atoms with Crippen molar-refractivity contribution < 1.29 is 12.8 Å². The molecule has 0 radical (unpaired) electrons. The van der Waals surface area contributed by atoms with Gasteiger partial charge in [0, 0.05) is 11.3 Å². The van der Waals surface area contributed by atoms with Gasteiger partial charge < -0.3 is 5.32 Å². The molecule has 3 aromatic rings. The van der Waals surface area contributed by atoms with E-state index < -0.39 is 10.0 Å². The van der Waals surface area contributed by atoms with Crippen LogP contribution in [0.4, 0.5) is 15.8 Å². The maximum atomic E-state index is 13.2. The number of hydrogen-bond donors (Lipinski definition) is 1. The van der Waals surface area contributed by atoms with E-state index in [1.165, 1.54) is 16.4 Å². The van der Waals surface area contributed by atoms with Gasteiger partial charge in [0.1, 0.15) is 5.82 Å². The van der Waals surface area contributed by atoms with Gasteiger partial charge in [0.25, 0.3) is 10.0 Å². The van der Waals surface area contributed by atoms with E-state index in [2.05, 4.69) is 5.32 Å². The topological polar surface area (TPSA) is 49.4 Å². The summed E-state index contributed by atoms with van der Waals surface area (Å²) >= 11 is 0. The zero-order valence-electron chi connectivity index (χ0n) is 14.8. The normalized spacial score (nSPS) is 16.2. The average molecular weight is 382 g/mol. The minimum absolute atomic E-state index is 0.216. The van der Waals surface area contributed by atoms with Gasteiger partial charge in [-0.2, -0.15) is 0 Å². The first-order valence-electron chi connectivity index (χ1n) is 8.65. The Balaban J connectivity index is 1.69. The summed E-state index contributed by atoms with van der Waals surface area (Å²) in [5.74, 6) is -0.309. The molecule has 4 rings (SSSR count). The van der Waals surface area contributed by atoms with Crippen molar-refractivity contribution in [1.29, 1.82) is 0 Å². The Bertz CT molecular complexity index is 1060. The number of nitrogens with one attached hydrogen (secondary N) is 1. The summed E-state index contributed by atoms with van der Waals surface area (Å²) in [5, 5.41) is 3.31. The van der Waals surface area contributed by atoms with Crippen LogP contribution in [0.3, 0.4) is 0 Å². The standard InChI is InChI=1S/C21H19FN2O2S/c1-15-6-12-18(13-7-15)27(25,26)24-14-20(19-4-2-3-5-21(19)24)23-17-10-8-16(22)9-11-17/h2-13,20,23H,14H2,1H3/t20-/m0/s1. The fourth-order valence-corrected chi connectivity index (χ4v) is 4.81. The quantitative estimate of drug-likeness (QED) is 0.723. The maximum Gasteiger partial charge on any atom is 0.264 e. The van der Waals surface area contributed by atoms with E-state index in [4.69, 9.17) is 0 Å². The van der Waals surface area contributed by atoms with Crippen molar-refractivity contribution in [1.82, 2.24) is 0 Å². The predicted molar refractivity (Wildman–Crippen MR) is 105 cm³/mol. The number of benzene rings is 3.